The van der Waals surface area contributed by atoms with E-state index in [0.29, 0.717) is 29.1 Å². The van der Waals surface area contributed by atoms with E-state index in [0.717, 1.165) is 36.5 Å². The van der Waals surface area contributed by atoms with E-state index in [1.807, 2.05) is 19.9 Å². The quantitative estimate of drug-likeness (QED) is 0.940. The molecule has 0 aromatic carbocycles. The molecule has 3 aliphatic rings. The van der Waals surface area contributed by atoms with Crippen molar-refractivity contribution in [1.82, 2.24) is 10.1 Å². The Labute approximate surface area is 134 Å². The Bertz CT molecular complexity index is 734. The van der Waals surface area contributed by atoms with E-state index in [1.54, 1.807) is 0 Å². The monoisotopic (exact) mass is 315 g/mol. The first kappa shape index (κ1) is 14.5. The van der Waals surface area contributed by atoms with Crippen LogP contribution >= 0.6 is 0 Å². The molecule has 5 rings (SSSR count). The molecule has 3 aliphatic heterocycles. The minimum Gasteiger partial charge on any atom is -0.450 e. The lowest BCUT2D eigenvalue weighted by Gasteiger charge is -2.44. The van der Waals surface area contributed by atoms with Crippen molar-refractivity contribution in [2.24, 2.45) is 11.7 Å². The van der Waals surface area contributed by atoms with E-state index in [2.05, 4.69) is 10.1 Å². The number of furan rings is 1. The fraction of sp³-hybridized carbons (Fsp3) is 0.529. The molecule has 3 fully saturated rings. The maximum atomic E-state index is 11.9. The number of aromatic nitrogens is 1. The van der Waals surface area contributed by atoms with Crippen molar-refractivity contribution < 1.29 is 13.7 Å². The Morgan fingerprint density at radius 1 is 1.35 bits per heavy atom. The third kappa shape index (κ3) is 2.28. The summed E-state index contributed by atoms with van der Waals surface area (Å²) in [4.78, 5) is 14.4. The molecule has 5 heterocycles. The average Bonchev–Trinajstić information content (AvgIpc) is 3.12. The highest BCUT2D eigenvalue weighted by molar-refractivity contribution is 5.92. The number of hydrogen-bond acceptors (Lipinski definition) is 5. The van der Waals surface area contributed by atoms with E-state index in [4.69, 9.17) is 14.7 Å². The highest BCUT2D eigenvalue weighted by atomic mass is 16.5. The number of nitrogens with two attached hydrogens (primary N) is 1. The molecule has 1 unspecified atom stereocenters. The van der Waals surface area contributed by atoms with Gasteiger partial charge in [0, 0.05) is 18.0 Å². The summed E-state index contributed by atoms with van der Waals surface area (Å²) in [5, 5.41) is 3.97. The van der Waals surface area contributed by atoms with Crippen LogP contribution < -0.4 is 5.73 Å². The molecule has 2 N–H and O–H groups in total. The van der Waals surface area contributed by atoms with Crippen LogP contribution in [0.1, 0.15) is 46.3 Å². The lowest BCUT2D eigenvalue weighted by Crippen LogP contribution is -2.46. The third-order valence-electron chi connectivity index (χ3n) is 5.32. The fourth-order valence-electron chi connectivity index (χ4n) is 4.15. The normalized spacial score (nSPS) is 26.6. The van der Waals surface area contributed by atoms with Crippen LogP contribution in [0.15, 0.2) is 15.0 Å². The zero-order chi connectivity index (χ0) is 16.1. The predicted molar refractivity (Wildman–Crippen MR) is 84.1 cm³/mol. The van der Waals surface area contributed by atoms with Crippen LogP contribution in [0.5, 0.6) is 0 Å². The minimum absolute atomic E-state index is 0.291. The standard InChI is InChI=1S/C17H21N3O3/c1-9-15(10(2)23-19-9)14-7-12(16(22-14)17(18)21)13-8-20-5-3-11(13)4-6-20/h7,11,13H,3-6,8H2,1-2H3,(H2,18,21). The van der Waals surface area contributed by atoms with E-state index in [-0.39, 0.29) is 0 Å². The van der Waals surface area contributed by atoms with Crippen molar-refractivity contribution in [3.05, 3.63) is 28.8 Å². The van der Waals surface area contributed by atoms with Gasteiger partial charge in [0.15, 0.2) is 5.76 Å². The Kier molecular flexibility index (Phi) is 3.30. The first-order valence-electron chi connectivity index (χ1n) is 8.13. The number of aryl methyl sites for hydroxylation is 2. The van der Waals surface area contributed by atoms with Gasteiger partial charge in [0.2, 0.25) is 0 Å². The first-order valence-corrected chi connectivity index (χ1v) is 8.13. The molecule has 0 saturated carbocycles. The molecule has 23 heavy (non-hydrogen) atoms. The van der Waals surface area contributed by atoms with Gasteiger partial charge in [-0.25, -0.2) is 0 Å². The second-order valence-corrected chi connectivity index (χ2v) is 6.70. The van der Waals surface area contributed by atoms with Gasteiger partial charge in [0.25, 0.3) is 5.91 Å². The van der Waals surface area contributed by atoms with Crippen molar-refractivity contribution in [2.45, 2.75) is 32.6 Å². The number of nitrogens with zero attached hydrogens (tertiary/aromatic N) is 2. The zero-order valence-electron chi connectivity index (χ0n) is 13.5. The Balaban J connectivity index is 1.79. The number of primary amides is 1. The SMILES string of the molecule is Cc1noc(C)c1-c1cc(C2CN3CCC2CC3)c(C(N)=O)o1. The summed E-state index contributed by atoms with van der Waals surface area (Å²) in [6.45, 7) is 7.00. The van der Waals surface area contributed by atoms with E-state index in [1.165, 1.54) is 12.8 Å². The van der Waals surface area contributed by atoms with Gasteiger partial charge in [-0.1, -0.05) is 5.16 Å². The minimum atomic E-state index is -0.505. The third-order valence-corrected chi connectivity index (χ3v) is 5.32. The molecular formula is C17H21N3O3. The summed E-state index contributed by atoms with van der Waals surface area (Å²) in [5.74, 6) is 2.02. The zero-order valence-corrected chi connectivity index (χ0v) is 13.5. The molecule has 0 aliphatic carbocycles. The van der Waals surface area contributed by atoms with Crippen LogP contribution in [0.3, 0.4) is 0 Å². The topological polar surface area (TPSA) is 85.5 Å². The number of piperidine rings is 3. The van der Waals surface area contributed by atoms with Gasteiger partial charge in [-0.15, -0.1) is 0 Å². The van der Waals surface area contributed by atoms with Gasteiger partial charge in [0.05, 0.1) is 11.3 Å². The molecule has 6 nitrogen and oxygen atoms in total. The van der Waals surface area contributed by atoms with Gasteiger partial charge in [-0.3, -0.25) is 4.79 Å². The van der Waals surface area contributed by atoms with Crippen LogP contribution in [-0.2, 0) is 0 Å². The second kappa shape index (κ2) is 5.23. The van der Waals surface area contributed by atoms with Gasteiger partial charge in [-0.2, -0.15) is 0 Å². The molecule has 2 aromatic rings. The lowest BCUT2D eigenvalue weighted by molar-refractivity contribution is 0.0845. The highest BCUT2D eigenvalue weighted by Crippen LogP contribution is 2.42. The highest BCUT2D eigenvalue weighted by Gasteiger charge is 2.38. The number of rotatable bonds is 3. The number of fused-ring (bicyclic) bond motifs is 3. The van der Waals surface area contributed by atoms with Crippen molar-refractivity contribution in [1.29, 1.82) is 0 Å². The van der Waals surface area contributed by atoms with E-state index < -0.39 is 5.91 Å². The molecule has 1 amide bonds. The van der Waals surface area contributed by atoms with Crippen LogP contribution in [0.4, 0.5) is 0 Å². The average molecular weight is 315 g/mol. The Morgan fingerprint density at radius 3 is 2.61 bits per heavy atom. The van der Waals surface area contributed by atoms with Gasteiger partial charge < -0.3 is 19.6 Å². The molecule has 0 spiro atoms. The number of amides is 1. The molecule has 0 radical (unpaired) electrons. The smallest absolute Gasteiger partial charge is 0.284 e. The maximum absolute atomic E-state index is 11.9. The van der Waals surface area contributed by atoms with Crippen LogP contribution in [0.25, 0.3) is 11.3 Å². The maximum Gasteiger partial charge on any atom is 0.284 e. The molecule has 2 bridgehead atoms. The number of carbonyl (C=O) groups is 1. The summed E-state index contributed by atoms with van der Waals surface area (Å²) >= 11 is 0. The van der Waals surface area contributed by atoms with E-state index >= 15 is 0 Å². The lowest BCUT2D eigenvalue weighted by atomic mass is 9.75. The van der Waals surface area contributed by atoms with Gasteiger partial charge in [-0.05, 0) is 51.8 Å². The molecular weight excluding hydrogens is 294 g/mol. The van der Waals surface area contributed by atoms with Crippen LogP contribution in [0, 0.1) is 19.8 Å². The first-order chi connectivity index (χ1) is 11.0. The summed E-state index contributed by atoms with van der Waals surface area (Å²) in [5.41, 5.74) is 8.10. The van der Waals surface area contributed by atoms with Gasteiger partial charge in [0.1, 0.15) is 11.5 Å². The Morgan fingerprint density at radius 2 is 2.09 bits per heavy atom. The summed E-state index contributed by atoms with van der Waals surface area (Å²) in [6, 6.07) is 1.97. The number of hydrogen-bond donors (Lipinski definition) is 1. The Hall–Kier alpha value is -2.08. The summed E-state index contributed by atoms with van der Waals surface area (Å²) in [6.07, 6.45) is 2.35. The summed E-state index contributed by atoms with van der Waals surface area (Å²) in [7, 11) is 0. The van der Waals surface area contributed by atoms with Crippen LogP contribution in [0.2, 0.25) is 0 Å². The number of carbonyl (C=O) groups excluding carboxylic acids is 1. The molecule has 2 aromatic heterocycles. The van der Waals surface area contributed by atoms with Crippen molar-refractivity contribution in [3.63, 3.8) is 0 Å². The summed E-state index contributed by atoms with van der Waals surface area (Å²) < 4.78 is 11.1. The van der Waals surface area contributed by atoms with E-state index in [9.17, 15) is 4.79 Å². The predicted octanol–water partition coefficient (Wildman–Crippen LogP) is 2.46. The second-order valence-electron chi connectivity index (χ2n) is 6.70. The van der Waals surface area contributed by atoms with Crippen molar-refractivity contribution >= 4 is 5.91 Å². The largest absolute Gasteiger partial charge is 0.450 e. The fourth-order valence-corrected chi connectivity index (χ4v) is 4.15. The van der Waals surface area contributed by atoms with Crippen molar-refractivity contribution in [2.75, 3.05) is 19.6 Å². The van der Waals surface area contributed by atoms with Crippen LogP contribution in [-0.4, -0.2) is 35.6 Å². The van der Waals surface area contributed by atoms with Crippen molar-refractivity contribution in [3.8, 4) is 11.3 Å². The molecule has 6 heteroatoms. The molecule has 1 atom stereocenters. The molecule has 3 saturated heterocycles. The van der Waals surface area contributed by atoms with Gasteiger partial charge >= 0.3 is 0 Å². The molecule has 122 valence electrons.